The Bertz CT molecular complexity index is 945. The molecule has 26 heavy (non-hydrogen) atoms. The normalized spacial score (nSPS) is 13.0. The lowest BCUT2D eigenvalue weighted by Gasteiger charge is -2.05. The minimum absolute atomic E-state index is 0.121. The average molecular weight is 369 g/mol. The van der Waals surface area contributed by atoms with Gasteiger partial charge in [-0.2, -0.15) is 5.10 Å². The van der Waals surface area contributed by atoms with E-state index in [1.54, 1.807) is 0 Å². The zero-order valence-electron chi connectivity index (χ0n) is 14.3. The lowest BCUT2D eigenvalue weighted by atomic mass is 10.2. The number of aryl methyl sites for hydroxylation is 2. The summed E-state index contributed by atoms with van der Waals surface area (Å²) in [6, 6.07) is 7.65. The number of nitrogen functional groups attached to an aromatic ring is 1. The second-order valence-electron chi connectivity index (χ2n) is 6.26. The first-order valence-electron chi connectivity index (χ1n) is 8.38. The molecule has 4 rings (SSSR count). The summed E-state index contributed by atoms with van der Waals surface area (Å²) in [4.78, 5) is 12.1. The number of nitrogens with one attached hydrogen (secondary N) is 2. The number of hydrogen-bond donors (Lipinski definition) is 3. The maximum Gasteiger partial charge on any atom is 0.234 e. The largest absolute Gasteiger partial charge is 0.335 e. The molecule has 8 nitrogen and oxygen atoms in total. The van der Waals surface area contributed by atoms with Crippen LogP contribution in [-0.2, 0) is 17.6 Å². The van der Waals surface area contributed by atoms with Crippen molar-refractivity contribution in [2.45, 2.75) is 31.3 Å². The number of rotatable bonds is 5. The van der Waals surface area contributed by atoms with Crippen molar-refractivity contribution in [2.75, 3.05) is 16.9 Å². The van der Waals surface area contributed by atoms with Gasteiger partial charge in [-0.05, 0) is 38.3 Å². The lowest BCUT2D eigenvalue weighted by Crippen LogP contribution is -2.16. The van der Waals surface area contributed by atoms with Gasteiger partial charge in [0.15, 0.2) is 0 Å². The van der Waals surface area contributed by atoms with E-state index in [-0.39, 0.29) is 11.7 Å². The number of nitrogens with zero attached hydrogens (tertiary/aromatic N) is 4. The van der Waals surface area contributed by atoms with E-state index in [4.69, 9.17) is 5.84 Å². The highest BCUT2D eigenvalue weighted by Crippen LogP contribution is 2.30. The average Bonchev–Trinajstić information content (AvgIpc) is 3.32. The predicted octanol–water partition coefficient (Wildman–Crippen LogP) is 1.91. The monoisotopic (exact) mass is 369 g/mol. The van der Waals surface area contributed by atoms with E-state index in [1.807, 2.05) is 31.2 Å². The van der Waals surface area contributed by atoms with Gasteiger partial charge in [-0.3, -0.25) is 9.89 Å². The van der Waals surface area contributed by atoms with Crippen LogP contribution in [0.25, 0.3) is 11.5 Å². The third-order valence-electron chi connectivity index (χ3n) is 4.35. The lowest BCUT2D eigenvalue weighted by molar-refractivity contribution is -0.113. The molecular formula is C17H19N7OS. The number of nitrogens with two attached hydrogens (primary N) is 1. The third-order valence-corrected chi connectivity index (χ3v) is 5.29. The molecule has 0 aliphatic heterocycles. The first-order chi connectivity index (χ1) is 12.6. The summed E-state index contributed by atoms with van der Waals surface area (Å²) in [7, 11) is 0. The van der Waals surface area contributed by atoms with Gasteiger partial charge in [0.2, 0.25) is 16.9 Å². The maximum atomic E-state index is 12.1. The number of H-pyrrole nitrogens is 1. The second kappa shape index (κ2) is 6.83. The molecule has 1 aliphatic carbocycles. The molecule has 0 fully saturated rings. The topological polar surface area (TPSA) is 115 Å². The Morgan fingerprint density at radius 1 is 1.31 bits per heavy atom. The molecule has 1 amide bonds. The van der Waals surface area contributed by atoms with E-state index in [9.17, 15) is 4.79 Å². The van der Waals surface area contributed by atoms with Crippen LogP contribution in [0.3, 0.4) is 0 Å². The van der Waals surface area contributed by atoms with Crippen LogP contribution in [0.5, 0.6) is 0 Å². The number of anilines is 1. The zero-order valence-corrected chi connectivity index (χ0v) is 15.1. The van der Waals surface area contributed by atoms with Crippen LogP contribution in [0, 0.1) is 6.92 Å². The van der Waals surface area contributed by atoms with Gasteiger partial charge < -0.3 is 11.2 Å². The molecule has 0 unspecified atom stereocenters. The standard InChI is InChI=1S/C17H19N7OS/c1-10-5-7-11(8-6-10)19-14(25)9-26-17-23-22-16(24(17)18)15-12-3-2-4-13(12)20-21-15/h5-8H,2-4,9,18H2,1H3,(H,19,25)(H,20,21). The molecular weight excluding hydrogens is 350 g/mol. The SMILES string of the molecule is Cc1ccc(NC(=O)CSc2nnc(-c3n[nH]c4c3CCC4)n2N)cc1. The summed E-state index contributed by atoms with van der Waals surface area (Å²) < 4.78 is 1.40. The molecule has 134 valence electrons. The van der Waals surface area contributed by atoms with Crippen molar-refractivity contribution in [3.63, 3.8) is 0 Å². The second-order valence-corrected chi connectivity index (χ2v) is 7.20. The number of fused-ring (bicyclic) bond motifs is 1. The van der Waals surface area contributed by atoms with Crippen molar-refractivity contribution >= 4 is 23.4 Å². The predicted molar refractivity (Wildman–Crippen MR) is 100 cm³/mol. The van der Waals surface area contributed by atoms with Crippen LogP contribution in [0.4, 0.5) is 5.69 Å². The minimum Gasteiger partial charge on any atom is -0.335 e. The van der Waals surface area contributed by atoms with E-state index in [2.05, 4.69) is 25.7 Å². The van der Waals surface area contributed by atoms with Gasteiger partial charge in [0.05, 0.1) is 5.75 Å². The molecule has 2 aromatic heterocycles. The highest BCUT2D eigenvalue weighted by molar-refractivity contribution is 7.99. The Morgan fingerprint density at radius 2 is 2.12 bits per heavy atom. The Kier molecular flexibility index (Phi) is 4.37. The van der Waals surface area contributed by atoms with Gasteiger partial charge in [-0.25, -0.2) is 4.68 Å². The van der Waals surface area contributed by atoms with E-state index in [0.29, 0.717) is 11.0 Å². The van der Waals surface area contributed by atoms with E-state index < -0.39 is 0 Å². The molecule has 0 atom stereocenters. The molecule has 3 aromatic rings. The van der Waals surface area contributed by atoms with Crippen molar-refractivity contribution in [2.24, 2.45) is 0 Å². The van der Waals surface area contributed by atoms with Gasteiger partial charge in [-0.15, -0.1) is 10.2 Å². The smallest absolute Gasteiger partial charge is 0.234 e. The molecule has 0 saturated heterocycles. The quantitative estimate of drug-likeness (QED) is 0.467. The number of carbonyl (C=O) groups is 1. The summed E-state index contributed by atoms with van der Waals surface area (Å²) in [6.07, 6.45) is 3.08. The highest BCUT2D eigenvalue weighted by atomic mass is 32.2. The Hall–Kier alpha value is -2.81. The number of benzene rings is 1. The van der Waals surface area contributed by atoms with Crippen LogP contribution >= 0.6 is 11.8 Å². The summed E-state index contributed by atoms with van der Waals surface area (Å²) in [5.41, 5.74) is 4.98. The number of carbonyl (C=O) groups excluding carboxylic acids is 1. The molecule has 1 aromatic carbocycles. The number of hydrogen-bond acceptors (Lipinski definition) is 6. The van der Waals surface area contributed by atoms with Crippen LogP contribution in [0.15, 0.2) is 29.4 Å². The molecule has 4 N–H and O–H groups in total. The molecule has 0 radical (unpaired) electrons. The summed E-state index contributed by atoms with van der Waals surface area (Å²) in [5.74, 6) is 6.72. The Morgan fingerprint density at radius 3 is 2.92 bits per heavy atom. The first-order valence-corrected chi connectivity index (χ1v) is 9.36. The minimum atomic E-state index is -0.121. The van der Waals surface area contributed by atoms with E-state index in [1.165, 1.54) is 16.4 Å². The molecule has 1 aliphatic rings. The summed E-state index contributed by atoms with van der Waals surface area (Å²) in [5, 5.41) is 19.0. The van der Waals surface area contributed by atoms with Crippen LogP contribution in [0.2, 0.25) is 0 Å². The molecule has 0 saturated carbocycles. The fourth-order valence-corrected chi connectivity index (χ4v) is 3.66. The van der Waals surface area contributed by atoms with E-state index >= 15 is 0 Å². The highest BCUT2D eigenvalue weighted by Gasteiger charge is 2.24. The molecule has 2 heterocycles. The van der Waals surface area contributed by atoms with Crippen LogP contribution in [-0.4, -0.2) is 36.7 Å². The maximum absolute atomic E-state index is 12.1. The van der Waals surface area contributed by atoms with Crippen LogP contribution < -0.4 is 11.2 Å². The summed E-state index contributed by atoms with van der Waals surface area (Å²) >= 11 is 1.24. The van der Waals surface area contributed by atoms with Crippen molar-refractivity contribution in [1.82, 2.24) is 25.1 Å². The van der Waals surface area contributed by atoms with Crippen LogP contribution in [0.1, 0.15) is 23.2 Å². The molecule has 0 bridgehead atoms. The van der Waals surface area contributed by atoms with Crippen molar-refractivity contribution < 1.29 is 4.79 Å². The molecule has 0 spiro atoms. The zero-order chi connectivity index (χ0) is 18.1. The van der Waals surface area contributed by atoms with Gasteiger partial charge in [0.25, 0.3) is 0 Å². The van der Waals surface area contributed by atoms with Gasteiger partial charge in [-0.1, -0.05) is 29.5 Å². The molecule has 9 heteroatoms. The van der Waals surface area contributed by atoms with E-state index in [0.717, 1.165) is 47.5 Å². The van der Waals surface area contributed by atoms with Gasteiger partial charge in [0, 0.05) is 16.9 Å². The third kappa shape index (κ3) is 3.17. The fourth-order valence-electron chi connectivity index (χ4n) is 3.01. The van der Waals surface area contributed by atoms with Crippen molar-refractivity contribution in [3.8, 4) is 11.5 Å². The Labute approximate surface area is 154 Å². The fraction of sp³-hybridized carbons (Fsp3) is 0.294. The number of amides is 1. The number of aromatic nitrogens is 5. The first kappa shape index (κ1) is 16.6. The number of aromatic amines is 1. The summed E-state index contributed by atoms with van der Waals surface area (Å²) in [6.45, 7) is 2.00. The Balaban J connectivity index is 1.42. The number of thioether (sulfide) groups is 1. The van der Waals surface area contributed by atoms with Crippen molar-refractivity contribution in [1.29, 1.82) is 0 Å². The van der Waals surface area contributed by atoms with Gasteiger partial charge >= 0.3 is 0 Å². The van der Waals surface area contributed by atoms with Crippen molar-refractivity contribution in [3.05, 3.63) is 41.1 Å². The van der Waals surface area contributed by atoms with Gasteiger partial charge in [0.1, 0.15) is 5.69 Å².